The topological polar surface area (TPSA) is 105 Å². The van der Waals surface area contributed by atoms with Crippen LogP contribution in [0.2, 0.25) is 0 Å². The molecule has 9 nitrogen and oxygen atoms in total. The highest BCUT2D eigenvalue weighted by molar-refractivity contribution is 7.17. The third kappa shape index (κ3) is 8.21. The van der Waals surface area contributed by atoms with Gasteiger partial charge in [0.15, 0.2) is 5.13 Å². The Morgan fingerprint density at radius 2 is 1.82 bits per heavy atom. The zero-order valence-electron chi connectivity index (χ0n) is 19.3. The maximum absolute atomic E-state index is 12.1. The van der Waals surface area contributed by atoms with E-state index in [2.05, 4.69) is 14.9 Å². The van der Waals surface area contributed by atoms with Crippen molar-refractivity contribution in [3.8, 4) is 5.75 Å². The molecule has 2 heterocycles. The van der Waals surface area contributed by atoms with E-state index < -0.39 is 12.1 Å². The molecule has 0 spiro atoms. The molecular formula is C22H28N4O5S2. The van der Waals surface area contributed by atoms with Crippen LogP contribution in [0.15, 0.2) is 36.5 Å². The van der Waals surface area contributed by atoms with Crippen molar-refractivity contribution in [1.82, 2.24) is 14.9 Å². The van der Waals surface area contributed by atoms with Crippen LogP contribution in [0.5, 0.6) is 5.75 Å². The Labute approximate surface area is 201 Å². The molecule has 0 aliphatic carbocycles. The summed E-state index contributed by atoms with van der Waals surface area (Å²) in [7, 11) is 5.56. The first-order chi connectivity index (χ1) is 15.7. The van der Waals surface area contributed by atoms with Crippen molar-refractivity contribution in [2.75, 3.05) is 32.6 Å². The number of aliphatic hydroxyl groups excluding tert-OH is 1. The molecule has 0 atom stereocenters. The van der Waals surface area contributed by atoms with Gasteiger partial charge in [0.1, 0.15) is 15.6 Å². The molecule has 1 amide bonds. The number of aliphatic hydroxyl groups is 1. The summed E-state index contributed by atoms with van der Waals surface area (Å²) in [6.45, 7) is 4.67. The normalized spacial score (nSPS) is 10.4. The van der Waals surface area contributed by atoms with Gasteiger partial charge in [-0.3, -0.25) is 4.90 Å². The van der Waals surface area contributed by atoms with E-state index in [1.165, 1.54) is 9.78 Å². The van der Waals surface area contributed by atoms with Crippen LogP contribution in [-0.4, -0.2) is 59.8 Å². The van der Waals surface area contributed by atoms with Crippen LogP contribution in [0, 0.1) is 6.92 Å². The minimum absolute atomic E-state index is 0.0537. The Morgan fingerprint density at radius 3 is 2.39 bits per heavy atom. The summed E-state index contributed by atoms with van der Waals surface area (Å²) in [5, 5.41) is 9.89. The summed E-state index contributed by atoms with van der Waals surface area (Å²) in [6, 6.07) is 8.74. The fourth-order valence-electron chi connectivity index (χ4n) is 2.45. The van der Waals surface area contributed by atoms with Gasteiger partial charge in [-0.2, -0.15) is 0 Å². The first kappa shape index (κ1) is 26.4. The van der Waals surface area contributed by atoms with Crippen LogP contribution in [0.3, 0.4) is 0 Å². The van der Waals surface area contributed by atoms with Gasteiger partial charge in [0.05, 0.1) is 18.9 Å². The smallest absolute Gasteiger partial charge is 0.421 e. The molecule has 3 aromatic rings. The first-order valence-corrected chi connectivity index (χ1v) is 11.7. The standard InChI is InChI=1S/C15H16N2O4S.C7H12N2OS/c1-4-20-13(18)12-10(2)16-14(22-12)17(3)15(19)21-11-8-6-5-7-9-11;1-9(2)4-6-3-8-7(5-10)11-6/h5-9H,4H2,1-3H3;3,10H,4-5H2,1-2H3. The quantitative estimate of drug-likeness (QED) is 0.494. The molecule has 1 N–H and O–H groups in total. The molecule has 0 saturated heterocycles. The average molecular weight is 493 g/mol. The Balaban J connectivity index is 0.000000294. The molecule has 33 heavy (non-hydrogen) atoms. The van der Waals surface area contributed by atoms with E-state index in [0.717, 1.165) is 22.9 Å². The van der Waals surface area contributed by atoms with Gasteiger partial charge in [0, 0.05) is 24.7 Å². The number of rotatable bonds is 7. The van der Waals surface area contributed by atoms with Gasteiger partial charge in [-0.15, -0.1) is 11.3 Å². The number of amides is 1. The molecule has 0 unspecified atom stereocenters. The maximum atomic E-state index is 12.1. The SMILES string of the molecule is CCOC(=O)c1sc(N(C)C(=O)Oc2ccccc2)nc1C.CN(C)Cc1cnc(CO)s1. The second-order valence-electron chi connectivity index (χ2n) is 6.99. The minimum atomic E-state index is -0.574. The van der Waals surface area contributed by atoms with Gasteiger partial charge in [-0.1, -0.05) is 29.5 Å². The third-order valence-corrected chi connectivity index (χ3v) is 6.14. The number of anilines is 1. The lowest BCUT2D eigenvalue weighted by Gasteiger charge is -2.13. The van der Waals surface area contributed by atoms with Gasteiger partial charge < -0.3 is 19.5 Å². The Hall–Kier alpha value is -2.86. The van der Waals surface area contributed by atoms with Crippen LogP contribution in [-0.2, 0) is 17.9 Å². The number of hydrogen-bond donors (Lipinski definition) is 1. The van der Waals surface area contributed by atoms with Crippen molar-refractivity contribution in [2.45, 2.75) is 27.0 Å². The number of ether oxygens (including phenoxy) is 2. The molecule has 178 valence electrons. The highest BCUT2D eigenvalue weighted by Crippen LogP contribution is 2.26. The van der Waals surface area contributed by atoms with E-state index in [0.29, 0.717) is 21.5 Å². The summed E-state index contributed by atoms with van der Waals surface area (Å²) < 4.78 is 10.2. The van der Waals surface area contributed by atoms with Gasteiger partial charge in [-0.05, 0) is 40.1 Å². The van der Waals surface area contributed by atoms with Crippen LogP contribution in [0.25, 0.3) is 0 Å². The monoisotopic (exact) mass is 492 g/mol. The van der Waals surface area contributed by atoms with Crippen LogP contribution in [0.4, 0.5) is 9.93 Å². The molecule has 3 rings (SSSR count). The van der Waals surface area contributed by atoms with Crippen LogP contribution < -0.4 is 9.64 Å². The Morgan fingerprint density at radius 1 is 1.12 bits per heavy atom. The molecule has 11 heteroatoms. The molecule has 0 fully saturated rings. The number of hydrogen-bond acceptors (Lipinski definition) is 10. The highest BCUT2D eigenvalue weighted by Gasteiger charge is 2.22. The summed E-state index contributed by atoms with van der Waals surface area (Å²) in [5.74, 6) is 0.00632. The van der Waals surface area contributed by atoms with Gasteiger partial charge in [0.25, 0.3) is 0 Å². The predicted molar refractivity (Wildman–Crippen MR) is 129 cm³/mol. The summed E-state index contributed by atoms with van der Waals surface area (Å²) >= 11 is 2.65. The zero-order chi connectivity index (χ0) is 24.4. The minimum Gasteiger partial charge on any atom is -0.462 e. The third-order valence-electron chi connectivity index (χ3n) is 3.96. The molecule has 1 aromatic carbocycles. The van der Waals surface area contributed by atoms with Crippen molar-refractivity contribution >= 4 is 39.9 Å². The number of benzene rings is 1. The molecule has 0 aliphatic heterocycles. The first-order valence-electron chi connectivity index (χ1n) is 10.1. The van der Waals surface area contributed by atoms with E-state index in [9.17, 15) is 9.59 Å². The lowest BCUT2D eigenvalue weighted by atomic mass is 10.3. The molecule has 2 aromatic heterocycles. The van der Waals surface area contributed by atoms with E-state index >= 15 is 0 Å². The number of thiazole rings is 2. The number of aromatic nitrogens is 2. The average Bonchev–Trinajstić information content (AvgIpc) is 3.40. The molecule has 0 radical (unpaired) electrons. The number of aryl methyl sites for hydroxylation is 1. The molecule has 0 saturated carbocycles. The van der Waals surface area contributed by atoms with E-state index in [4.69, 9.17) is 14.6 Å². The second-order valence-corrected chi connectivity index (χ2v) is 9.16. The molecular weight excluding hydrogens is 464 g/mol. The largest absolute Gasteiger partial charge is 0.462 e. The number of nitrogens with zero attached hydrogens (tertiary/aromatic N) is 4. The highest BCUT2D eigenvalue weighted by atomic mass is 32.1. The van der Waals surface area contributed by atoms with Crippen molar-refractivity contribution in [3.63, 3.8) is 0 Å². The summed E-state index contributed by atoms with van der Waals surface area (Å²) in [5.41, 5.74) is 0.526. The van der Waals surface area contributed by atoms with Gasteiger partial charge in [0.2, 0.25) is 0 Å². The summed E-state index contributed by atoms with van der Waals surface area (Å²) in [4.78, 5) is 37.0. The van der Waals surface area contributed by atoms with E-state index in [-0.39, 0.29) is 13.2 Å². The van der Waals surface area contributed by atoms with Crippen molar-refractivity contribution in [2.24, 2.45) is 0 Å². The number of carbonyl (C=O) groups is 2. The van der Waals surface area contributed by atoms with E-state index in [1.807, 2.05) is 26.4 Å². The lowest BCUT2D eigenvalue weighted by molar-refractivity contribution is 0.0531. The Kier molecular flexibility index (Phi) is 10.4. The van der Waals surface area contributed by atoms with Gasteiger partial charge in [-0.25, -0.2) is 19.6 Å². The van der Waals surface area contributed by atoms with Gasteiger partial charge >= 0.3 is 12.1 Å². The lowest BCUT2D eigenvalue weighted by Crippen LogP contribution is -2.29. The molecule has 0 aliphatic rings. The molecule has 0 bridgehead atoms. The van der Waals surface area contributed by atoms with Crippen LogP contribution in [0.1, 0.15) is 32.2 Å². The summed E-state index contributed by atoms with van der Waals surface area (Å²) in [6.07, 6.45) is 1.24. The van der Waals surface area contributed by atoms with Crippen molar-refractivity contribution < 1.29 is 24.2 Å². The fourth-order valence-corrected chi connectivity index (χ4v) is 4.27. The van der Waals surface area contributed by atoms with Crippen molar-refractivity contribution in [3.05, 3.63) is 57.0 Å². The van der Waals surface area contributed by atoms with Crippen molar-refractivity contribution in [1.29, 1.82) is 0 Å². The van der Waals surface area contributed by atoms with Crippen LogP contribution >= 0.6 is 22.7 Å². The number of esters is 1. The second kappa shape index (κ2) is 13.0. The number of para-hydroxylation sites is 1. The fraction of sp³-hybridized carbons (Fsp3) is 0.364. The maximum Gasteiger partial charge on any atom is 0.421 e. The zero-order valence-corrected chi connectivity index (χ0v) is 20.9. The van der Waals surface area contributed by atoms with E-state index in [1.54, 1.807) is 56.5 Å². The predicted octanol–water partition coefficient (Wildman–Crippen LogP) is 3.96. The Bertz CT molecular complexity index is 1040. The number of carbonyl (C=O) groups excluding carboxylic acids is 2.